The number of aliphatic hydroxyl groups is 1. The van der Waals surface area contributed by atoms with Crippen LogP contribution in [-0.2, 0) is 6.54 Å². The van der Waals surface area contributed by atoms with Crippen molar-refractivity contribution in [3.63, 3.8) is 0 Å². The first-order valence-corrected chi connectivity index (χ1v) is 8.39. The molecule has 0 spiro atoms. The van der Waals surface area contributed by atoms with Gasteiger partial charge in [0.2, 0.25) is 0 Å². The molecule has 0 radical (unpaired) electrons. The molecule has 2 unspecified atom stereocenters. The van der Waals surface area contributed by atoms with Gasteiger partial charge in [0.1, 0.15) is 0 Å². The van der Waals surface area contributed by atoms with E-state index < -0.39 is 0 Å². The molecule has 1 aromatic carbocycles. The maximum absolute atomic E-state index is 9.75. The Kier molecular flexibility index (Phi) is 5.31. The van der Waals surface area contributed by atoms with Crippen LogP contribution >= 0.6 is 11.8 Å². The van der Waals surface area contributed by atoms with E-state index in [9.17, 15) is 5.11 Å². The van der Waals surface area contributed by atoms with Crippen LogP contribution in [0.25, 0.3) is 0 Å². The highest BCUT2D eigenvalue weighted by molar-refractivity contribution is 7.98. The van der Waals surface area contributed by atoms with E-state index in [0.717, 1.165) is 19.4 Å². The van der Waals surface area contributed by atoms with Gasteiger partial charge in [-0.15, -0.1) is 11.8 Å². The van der Waals surface area contributed by atoms with Crippen molar-refractivity contribution in [2.75, 3.05) is 12.9 Å². The molecule has 1 saturated carbocycles. The van der Waals surface area contributed by atoms with Crippen LogP contribution in [0, 0.1) is 5.92 Å². The van der Waals surface area contributed by atoms with Crippen molar-refractivity contribution in [2.24, 2.45) is 5.92 Å². The molecule has 3 heteroatoms. The summed E-state index contributed by atoms with van der Waals surface area (Å²) in [5, 5.41) is 13.4. The number of thioether (sulfide) groups is 1. The van der Waals surface area contributed by atoms with Crippen LogP contribution in [0.1, 0.15) is 38.2 Å². The summed E-state index contributed by atoms with van der Waals surface area (Å²) in [6.07, 6.45) is 6.80. The number of benzene rings is 1. The van der Waals surface area contributed by atoms with Crippen LogP contribution in [0.15, 0.2) is 29.2 Å². The Morgan fingerprint density at radius 1 is 1.37 bits per heavy atom. The van der Waals surface area contributed by atoms with E-state index in [-0.39, 0.29) is 12.1 Å². The quantitative estimate of drug-likeness (QED) is 0.810. The third kappa shape index (κ3) is 3.98. The van der Waals surface area contributed by atoms with Gasteiger partial charge < -0.3 is 10.4 Å². The summed E-state index contributed by atoms with van der Waals surface area (Å²) in [6, 6.07) is 8.68. The minimum Gasteiger partial charge on any atom is -0.394 e. The summed E-state index contributed by atoms with van der Waals surface area (Å²) in [7, 11) is 0. The van der Waals surface area contributed by atoms with E-state index in [2.05, 4.69) is 42.8 Å². The maximum atomic E-state index is 9.75. The lowest BCUT2D eigenvalue weighted by Crippen LogP contribution is -2.51. The van der Waals surface area contributed by atoms with Crippen molar-refractivity contribution in [2.45, 2.75) is 49.6 Å². The highest BCUT2D eigenvalue weighted by Gasteiger charge is 2.33. The second kappa shape index (κ2) is 6.78. The molecule has 1 aliphatic carbocycles. The largest absolute Gasteiger partial charge is 0.394 e. The van der Waals surface area contributed by atoms with Gasteiger partial charge in [0.15, 0.2) is 0 Å². The standard InChI is InChI=1S/C16H25NOS/c1-13-4-3-9-16(10-13,12-18)17-11-14-5-7-15(19-2)8-6-14/h5-8,13,17-18H,3-4,9-12H2,1-2H3. The van der Waals surface area contributed by atoms with E-state index in [1.807, 2.05) is 0 Å². The molecule has 0 aliphatic heterocycles. The molecule has 1 aromatic rings. The Morgan fingerprint density at radius 3 is 2.68 bits per heavy atom. The average molecular weight is 279 g/mol. The summed E-state index contributed by atoms with van der Waals surface area (Å²) in [4.78, 5) is 1.30. The van der Waals surface area contributed by atoms with Crippen molar-refractivity contribution in [3.05, 3.63) is 29.8 Å². The molecule has 1 aliphatic rings. The highest BCUT2D eigenvalue weighted by atomic mass is 32.2. The van der Waals surface area contributed by atoms with E-state index in [0.29, 0.717) is 5.92 Å². The molecule has 2 nitrogen and oxygen atoms in total. The molecular formula is C16H25NOS. The normalized spacial score (nSPS) is 27.4. The van der Waals surface area contributed by atoms with Crippen LogP contribution in [0.4, 0.5) is 0 Å². The summed E-state index contributed by atoms with van der Waals surface area (Å²) >= 11 is 1.77. The number of rotatable bonds is 5. The molecule has 2 atom stereocenters. The minimum atomic E-state index is -0.0597. The molecule has 0 aromatic heterocycles. The second-order valence-electron chi connectivity index (χ2n) is 5.84. The van der Waals surface area contributed by atoms with Gasteiger partial charge in [-0.25, -0.2) is 0 Å². The third-order valence-electron chi connectivity index (χ3n) is 4.22. The minimum absolute atomic E-state index is 0.0597. The van der Waals surface area contributed by atoms with Crippen LogP contribution in [-0.4, -0.2) is 23.5 Å². The molecule has 0 heterocycles. The van der Waals surface area contributed by atoms with Gasteiger partial charge in [0.05, 0.1) is 6.61 Å². The van der Waals surface area contributed by atoms with E-state index >= 15 is 0 Å². The first-order valence-electron chi connectivity index (χ1n) is 7.16. The van der Waals surface area contributed by atoms with Crippen LogP contribution in [0.3, 0.4) is 0 Å². The lowest BCUT2D eigenvalue weighted by Gasteiger charge is -2.39. The first-order chi connectivity index (χ1) is 9.17. The average Bonchev–Trinajstić information content (AvgIpc) is 2.46. The predicted octanol–water partition coefficient (Wildman–Crippen LogP) is 3.44. The molecular weight excluding hydrogens is 254 g/mol. The zero-order valence-electron chi connectivity index (χ0n) is 12.0. The van der Waals surface area contributed by atoms with Crippen molar-refractivity contribution in [1.82, 2.24) is 5.32 Å². The third-order valence-corrected chi connectivity index (χ3v) is 4.96. The zero-order valence-corrected chi connectivity index (χ0v) is 12.8. The number of hydrogen-bond donors (Lipinski definition) is 2. The van der Waals surface area contributed by atoms with Crippen molar-refractivity contribution in [3.8, 4) is 0 Å². The van der Waals surface area contributed by atoms with Crippen LogP contribution in [0.2, 0.25) is 0 Å². The van der Waals surface area contributed by atoms with Gasteiger partial charge >= 0.3 is 0 Å². The van der Waals surface area contributed by atoms with Gasteiger partial charge in [0.25, 0.3) is 0 Å². The Labute approximate surface area is 121 Å². The Morgan fingerprint density at radius 2 is 2.11 bits per heavy atom. The fourth-order valence-electron chi connectivity index (χ4n) is 3.05. The molecule has 2 rings (SSSR count). The molecule has 1 fully saturated rings. The molecule has 0 amide bonds. The van der Waals surface area contributed by atoms with Crippen LogP contribution in [0.5, 0.6) is 0 Å². The lowest BCUT2D eigenvalue weighted by molar-refractivity contribution is 0.0982. The van der Waals surface area contributed by atoms with Gasteiger partial charge in [-0.05, 0) is 42.7 Å². The first kappa shape index (κ1) is 14.9. The molecule has 106 valence electrons. The summed E-state index contributed by atoms with van der Waals surface area (Å²) in [6.45, 7) is 3.39. The maximum Gasteiger partial charge on any atom is 0.0613 e. The molecule has 2 N–H and O–H groups in total. The molecule has 0 saturated heterocycles. The van der Waals surface area contributed by atoms with E-state index in [1.165, 1.54) is 23.3 Å². The van der Waals surface area contributed by atoms with Gasteiger partial charge in [-0.3, -0.25) is 0 Å². The summed E-state index contributed by atoms with van der Waals surface area (Å²) in [5.41, 5.74) is 1.24. The number of hydrogen-bond acceptors (Lipinski definition) is 3. The van der Waals surface area contributed by atoms with Gasteiger partial charge in [-0.2, -0.15) is 0 Å². The smallest absolute Gasteiger partial charge is 0.0613 e. The fraction of sp³-hybridized carbons (Fsp3) is 0.625. The second-order valence-corrected chi connectivity index (χ2v) is 6.72. The number of nitrogens with one attached hydrogen (secondary N) is 1. The van der Waals surface area contributed by atoms with Crippen molar-refractivity contribution >= 4 is 11.8 Å². The van der Waals surface area contributed by atoms with E-state index in [4.69, 9.17) is 0 Å². The van der Waals surface area contributed by atoms with E-state index in [1.54, 1.807) is 11.8 Å². The van der Waals surface area contributed by atoms with Gasteiger partial charge in [0, 0.05) is 17.0 Å². The predicted molar refractivity (Wildman–Crippen MR) is 82.5 cm³/mol. The topological polar surface area (TPSA) is 32.3 Å². The van der Waals surface area contributed by atoms with Crippen molar-refractivity contribution < 1.29 is 5.11 Å². The number of aliphatic hydroxyl groups excluding tert-OH is 1. The van der Waals surface area contributed by atoms with Gasteiger partial charge in [-0.1, -0.05) is 31.9 Å². The van der Waals surface area contributed by atoms with Crippen LogP contribution < -0.4 is 5.32 Å². The SMILES string of the molecule is CSc1ccc(CNC2(CO)CCCC(C)C2)cc1. The fourth-order valence-corrected chi connectivity index (χ4v) is 3.46. The molecule has 19 heavy (non-hydrogen) atoms. The summed E-state index contributed by atoms with van der Waals surface area (Å²) < 4.78 is 0. The zero-order chi connectivity index (χ0) is 13.7. The lowest BCUT2D eigenvalue weighted by atomic mass is 9.77. The Balaban J connectivity index is 1.95. The summed E-state index contributed by atoms with van der Waals surface area (Å²) in [5.74, 6) is 0.715. The Bertz CT molecular complexity index is 392. The van der Waals surface area contributed by atoms with Crippen molar-refractivity contribution in [1.29, 1.82) is 0 Å². The Hall–Kier alpha value is -0.510. The monoisotopic (exact) mass is 279 g/mol. The molecule has 0 bridgehead atoms. The highest BCUT2D eigenvalue weighted by Crippen LogP contribution is 2.32.